The van der Waals surface area contributed by atoms with Crippen LogP contribution in [0.3, 0.4) is 0 Å². The van der Waals surface area contributed by atoms with E-state index in [0.717, 1.165) is 0 Å². The molecule has 0 unspecified atom stereocenters. The molecule has 0 saturated carbocycles. The van der Waals surface area contributed by atoms with Crippen LogP contribution in [0.4, 0.5) is 0 Å². The maximum Gasteiger partial charge on any atom is 0.252 e. The first kappa shape index (κ1) is 19.2. The molecule has 7 heteroatoms. The monoisotopic (exact) mass is 382 g/mol. The number of carbonyl (C=O) groups is 2. The minimum Gasteiger partial charge on any atom is -0.491 e. The highest BCUT2D eigenvalue weighted by atomic mass is 35.5. The molecular weight excluding hydrogens is 367 g/mol. The lowest BCUT2D eigenvalue weighted by Gasteiger charge is -2.09. The summed E-state index contributed by atoms with van der Waals surface area (Å²) in [5.41, 5.74) is 0.761. The topological polar surface area (TPSA) is 61.8 Å². The summed E-state index contributed by atoms with van der Waals surface area (Å²) in [6.07, 6.45) is 0. The van der Waals surface area contributed by atoms with Gasteiger partial charge in [-0.3, -0.25) is 9.59 Å². The van der Waals surface area contributed by atoms with Gasteiger partial charge in [-0.25, -0.2) is 0 Å². The van der Waals surface area contributed by atoms with Gasteiger partial charge in [-0.05, 0) is 59.6 Å². The molecule has 0 aliphatic heterocycles. The van der Waals surface area contributed by atoms with Crippen molar-refractivity contribution in [1.29, 1.82) is 0 Å². The first-order valence-corrected chi connectivity index (χ1v) is 8.25. The maximum atomic E-state index is 11.1. The van der Waals surface area contributed by atoms with E-state index < -0.39 is 10.5 Å². The molecular formula is C18H16Cl2O5. The first-order valence-electron chi connectivity index (χ1n) is 7.49. The summed E-state index contributed by atoms with van der Waals surface area (Å²) in [4.78, 5) is 22.1. The third kappa shape index (κ3) is 6.74. The van der Waals surface area contributed by atoms with Crippen LogP contribution < -0.4 is 9.47 Å². The third-order valence-corrected chi connectivity index (χ3v) is 3.55. The molecule has 0 spiro atoms. The van der Waals surface area contributed by atoms with Crippen LogP contribution in [0.1, 0.15) is 20.7 Å². The second-order valence-corrected chi connectivity index (χ2v) is 5.60. The molecule has 25 heavy (non-hydrogen) atoms. The Kier molecular flexibility index (Phi) is 7.73. The molecule has 0 amide bonds. The zero-order chi connectivity index (χ0) is 18.1. The van der Waals surface area contributed by atoms with E-state index in [2.05, 4.69) is 0 Å². The molecule has 0 aliphatic carbocycles. The third-order valence-electron chi connectivity index (χ3n) is 3.11. The number of hydrogen-bond acceptors (Lipinski definition) is 5. The Morgan fingerprint density at radius 1 is 0.720 bits per heavy atom. The van der Waals surface area contributed by atoms with E-state index in [-0.39, 0.29) is 0 Å². The average Bonchev–Trinajstić information content (AvgIpc) is 2.61. The lowest BCUT2D eigenvalue weighted by molar-refractivity contribution is 0.0763. The van der Waals surface area contributed by atoms with Crippen LogP contribution in [0.2, 0.25) is 0 Å². The largest absolute Gasteiger partial charge is 0.491 e. The molecule has 2 rings (SSSR count). The van der Waals surface area contributed by atoms with Crippen LogP contribution in [-0.4, -0.2) is 36.9 Å². The molecule has 0 aromatic heterocycles. The molecule has 0 atom stereocenters. The summed E-state index contributed by atoms with van der Waals surface area (Å²) >= 11 is 10.8. The molecule has 0 N–H and O–H groups in total. The highest BCUT2D eigenvalue weighted by molar-refractivity contribution is 6.68. The predicted molar refractivity (Wildman–Crippen MR) is 95.1 cm³/mol. The van der Waals surface area contributed by atoms with E-state index in [1.54, 1.807) is 48.5 Å². The minimum absolute atomic E-state index is 0.330. The lowest BCUT2D eigenvalue weighted by atomic mass is 10.2. The Balaban J connectivity index is 1.62. The molecule has 0 bridgehead atoms. The van der Waals surface area contributed by atoms with Crippen LogP contribution >= 0.6 is 23.2 Å². The molecule has 0 heterocycles. The van der Waals surface area contributed by atoms with Crippen LogP contribution in [0.25, 0.3) is 0 Å². The molecule has 2 aromatic rings. The molecule has 0 saturated heterocycles. The second kappa shape index (κ2) is 10.0. The standard InChI is InChI=1S/C18H16Cl2O5/c19-17(21)13-3-1-5-15(11-13)24-9-7-23-8-10-25-16-6-2-4-14(12-16)18(20)22/h1-6,11-12H,7-10H2. The van der Waals surface area contributed by atoms with Gasteiger partial charge < -0.3 is 14.2 Å². The van der Waals surface area contributed by atoms with Crippen LogP contribution in [-0.2, 0) is 4.74 Å². The Hall–Kier alpha value is -2.08. The van der Waals surface area contributed by atoms with Gasteiger partial charge in [0.2, 0.25) is 0 Å². The van der Waals surface area contributed by atoms with Crippen molar-refractivity contribution in [2.75, 3.05) is 26.4 Å². The van der Waals surface area contributed by atoms with Crippen molar-refractivity contribution in [3.8, 4) is 11.5 Å². The summed E-state index contributed by atoms with van der Waals surface area (Å²) < 4.78 is 16.3. The lowest BCUT2D eigenvalue weighted by Crippen LogP contribution is -2.12. The van der Waals surface area contributed by atoms with E-state index >= 15 is 0 Å². The van der Waals surface area contributed by atoms with Crippen molar-refractivity contribution in [2.45, 2.75) is 0 Å². The number of halogens is 2. The smallest absolute Gasteiger partial charge is 0.252 e. The number of hydrogen-bond donors (Lipinski definition) is 0. The summed E-state index contributed by atoms with van der Waals surface area (Å²) in [7, 11) is 0. The van der Waals surface area contributed by atoms with Gasteiger partial charge in [0.1, 0.15) is 24.7 Å². The molecule has 5 nitrogen and oxygen atoms in total. The van der Waals surface area contributed by atoms with E-state index in [1.165, 1.54) is 0 Å². The first-order chi connectivity index (χ1) is 12.1. The van der Waals surface area contributed by atoms with Crippen molar-refractivity contribution in [3.63, 3.8) is 0 Å². The fourth-order valence-electron chi connectivity index (χ4n) is 1.96. The SMILES string of the molecule is O=C(Cl)c1cccc(OCCOCCOc2cccc(C(=O)Cl)c2)c1. The van der Waals surface area contributed by atoms with E-state index in [1.807, 2.05) is 0 Å². The highest BCUT2D eigenvalue weighted by Gasteiger charge is 2.04. The minimum atomic E-state index is -0.529. The predicted octanol–water partition coefficient (Wildman–Crippen LogP) is 3.92. The quantitative estimate of drug-likeness (QED) is 0.460. The van der Waals surface area contributed by atoms with Crippen LogP contribution in [0, 0.1) is 0 Å². The van der Waals surface area contributed by atoms with E-state index in [9.17, 15) is 9.59 Å². The van der Waals surface area contributed by atoms with Gasteiger partial charge in [0.05, 0.1) is 13.2 Å². The number of ether oxygens (including phenoxy) is 3. The zero-order valence-electron chi connectivity index (χ0n) is 13.2. The maximum absolute atomic E-state index is 11.1. The van der Waals surface area contributed by atoms with Gasteiger partial charge in [-0.1, -0.05) is 12.1 Å². The average molecular weight is 383 g/mol. The van der Waals surface area contributed by atoms with Gasteiger partial charge in [0.15, 0.2) is 0 Å². The van der Waals surface area contributed by atoms with Crippen molar-refractivity contribution in [3.05, 3.63) is 59.7 Å². The van der Waals surface area contributed by atoms with Crippen LogP contribution in [0.15, 0.2) is 48.5 Å². The van der Waals surface area contributed by atoms with Crippen molar-refractivity contribution >= 4 is 33.7 Å². The second-order valence-electron chi connectivity index (χ2n) is 4.91. The van der Waals surface area contributed by atoms with Crippen molar-refractivity contribution < 1.29 is 23.8 Å². The fraction of sp³-hybridized carbons (Fsp3) is 0.222. The molecule has 0 fully saturated rings. The van der Waals surface area contributed by atoms with Gasteiger partial charge in [0, 0.05) is 11.1 Å². The zero-order valence-corrected chi connectivity index (χ0v) is 14.8. The molecule has 132 valence electrons. The van der Waals surface area contributed by atoms with Gasteiger partial charge in [-0.15, -0.1) is 0 Å². The molecule has 0 radical (unpaired) electrons. The Morgan fingerprint density at radius 3 is 1.56 bits per heavy atom. The van der Waals surface area contributed by atoms with Gasteiger partial charge in [-0.2, -0.15) is 0 Å². The van der Waals surface area contributed by atoms with Crippen molar-refractivity contribution in [1.82, 2.24) is 0 Å². The Morgan fingerprint density at radius 2 is 1.16 bits per heavy atom. The fourth-order valence-corrected chi connectivity index (χ4v) is 2.19. The van der Waals surface area contributed by atoms with Gasteiger partial charge in [0.25, 0.3) is 10.5 Å². The summed E-state index contributed by atoms with van der Waals surface area (Å²) in [5, 5.41) is -1.06. The summed E-state index contributed by atoms with van der Waals surface area (Å²) in [6.45, 7) is 1.39. The normalized spacial score (nSPS) is 10.3. The Bertz CT molecular complexity index is 671. The van der Waals surface area contributed by atoms with E-state index in [0.29, 0.717) is 49.1 Å². The van der Waals surface area contributed by atoms with Gasteiger partial charge >= 0.3 is 0 Å². The van der Waals surface area contributed by atoms with Crippen LogP contribution in [0.5, 0.6) is 11.5 Å². The number of rotatable bonds is 10. The highest BCUT2D eigenvalue weighted by Crippen LogP contribution is 2.15. The Labute approximate surface area is 155 Å². The van der Waals surface area contributed by atoms with Crippen molar-refractivity contribution in [2.24, 2.45) is 0 Å². The molecule has 0 aliphatic rings. The van der Waals surface area contributed by atoms with E-state index in [4.69, 9.17) is 37.4 Å². The summed E-state index contributed by atoms with van der Waals surface area (Å²) in [5.74, 6) is 1.10. The number of carbonyl (C=O) groups excluding carboxylic acids is 2. The molecule has 2 aromatic carbocycles. The summed E-state index contributed by atoms with van der Waals surface area (Å²) in [6, 6.07) is 13.2. The number of benzene rings is 2.